The molecule has 0 saturated heterocycles. The highest BCUT2D eigenvalue weighted by Crippen LogP contribution is 2.21. The van der Waals surface area contributed by atoms with Crippen LogP contribution in [-0.2, 0) is 0 Å². The molecule has 0 aromatic carbocycles. The van der Waals surface area contributed by atoms with E-state index in [0.717, 1.165) is 51.4 Å². The summed E-state index contributed by atoms with van der Waals surface area (Å²) in [5, 5.41) is 9.28. The van der Waals surface area contributed by atoms with Gasteiger partial charge in [-0.2, -0.15) is 0 Å². The van der Waals surface area contributed by atoms with Crippen LogP contribution in [0.1, 0.15) is 72.1 Å². The minimum Gasteiger partial charge on any atom is -0.465 e. The Hall–Kier alpha value is -0.770. The second-order valence-corrected chi connectivity index (χ2v) is 5.63. The summed E-state index contributed by atoms with van der Waals surface area (Å²) in [6.45, 7) is 7.44. The van der Waals surface area contributed by atoms with Gasteiger partial charge in [-0.1, -0.05) is 52.9 Å². The van der Waals surface area contributed by atoms with Gasteiger partial charge in [0.05, 0.1) is 0 Å². The normalized spacial score (nSPS) is 11.6. The Morgan fingerprint density at radius 2 is 1.53 bits per heavy atom. The summed E-state index contributed by atoms with van der Waals surface area (Å²) in [6.07, 6.45) is 7.26. The Kier molecular flexibility index (Phi) is 9.66. The zero-order valence-electron chi connectivity index (χ0n) is 13.0. The fourth-order valence-electron chi connectivity index (χ4n) is 2.31. The molecule has 0 atom stereocenters. The fraction of sp³-hybridized carbons (Fsp3) is 0.933. The summed E-state index contributed by atoms with van der Waals surface area (Å²) < 4.78 is 0. The molecule has 0 spiro atoms. The molecule has 4 nitrogen and oxygen atoms in total. The molecule has 0 radical (unpaired) electrons. The standard InChI is InChI=1S/C15H32N2O2/c1-4-7-10-15(16,11-8-5-2)13-17(14(18)19)12-9-6-3/h4-13,16H2,1-3H3,(H,18,19). The maximum atomic E-state index is 11.3. The van der Waals surface area contributed by atoms with E-state index in [-0.39, 0.29) is 5.54 Å². The van der Waals surface area contributed by atoms with Crippen LogP contribution in [0.15, 0.2) is 0 Å². The second kappa shape index (κ2) is 10.1. The molecule has 0 rings (SSSR count). The van der Waals surface area contributed by atoms with Crippen LogP contribution >= 0.6 is 0 Å². The van der Waals surface area contributed by atoms with Crippen LogP contribution in [0.25, 0.3) is 0 Å². The third-order valence-electron chi connectivity index (χ3n) is 3.61. The topological polar surface area (TPSA) is 66.6 Å². The molecule has 0 fully saturated rings. The SMILES string of the molecule is CCCCN(CC(N)(CCCC)CCCC)C(=O)O. The van der Waals surface area contributed by atoms with Gasteiger partial charge in [-0.3, -0.25) is 0 Å². The van der Waals surface area contributed by atoms with Crippen molar-refractivity contribution in [1.82, 2.24) is 4.90 Å². The second-order valence-electron chi connectivity index (χ2n) is 5.63. The molecule has 0 saturated carbocycles. The molecule has 0 aliphatic rings. The Morgan fingerprint density at radius 1 is 1.05 bits per heavy atom. The first-order valence-electron chi connectivity index (χ1n) is 7.75. The first-order chi connectivity index (χ1) is 8.99. The number of carboxylic acid groups (broad SMARTS) is 1. The quantitative estimate of drug-likeness (QED) is 0.600. The van der Waals surface area contributed by atoms with Crippen LogP contribution < -0.4 is 5.73 Å². The minimum atomic E-state index is -0.837. The van der Waals surface area contributed by atoms with E-state index >= 15 is 0 Å². The number of nitrogens with zero attached hydrogens (tertiary/aromatic N) is 1. The molecule has 0 bridgehead atoms. The molecule has 4 heteroatoms. The van der Waals surface area contributed by atoms with Gasteiger partial charge in [0.25, 0.3) is 0 Å². The van der Waals surface area contributed by atoms with E-state index in [1.165, 1.54) is 4.90 Å². The molecule has 1 amide bonds. The van der Waals surface area contributed by atoms with E-state index in [0.29, 0.717) is 13.1 Å². The van der Waals surface area contributed by atoms with Gasteiger partial charge >= 0.3 is 6.09 Å². The molecule has 114 valence electrons. The number of hydrogen-bond acceptors (Lipinski definition) is 2. The molecule has 0 aliphatic heterocycles. The van der Waals surface area contributed by atoms with Crippen molar-refractivity contribution < 1.29 is 9.90 Å². The van der Waals surface area contributed by atoms with E-state index in [1.54, 1.807) is 0 Å². The summed E-state index contributed by atoms with van der Waals surface area (Å²) in [6, 6.07) is 0. The van der Waals surface area contributed by atoms with E-state index in [9.17, 15) is 9.90 Å². The van der Waals surface area contributed by atoms with Gasteiger partial charge < -0.3 is 15.7 Å². The number of hydrogen-bond donors (Lipinski definition) is 2. The maximum Gasteiger partial charge on any atom is 0.407 e. The monoisotopic (exact) mass is 272 g/mol. The summed E-state index contributed by atoms with van der Waals surface area (Å²) in [5.41, 5.74) is 6.13. The van der Waals surface area contributed by atoms with Gasteiger partial charge in [0.15, 0.2) is 0 Å². The number of unbranched alkanes of at least 4 members (excludes halogenated alkanes) is 3. The molecule has 0 aliphatic carbocycles. The van der Waals surface area contributed by atoms with Crippen molar-refractivity contribution in [1.29, 1.82) is 0 Å². The molecular weight excluding hydrogens is 240 g/mol. The van der Waals surface area contributed by atoms with Gasteiger partial charge in [-0.05, 0) is 19.3 Å². The van der Waals surface area contributed by atoms with Crippen molar-refractivity contribution in [3.63, 3.8) is 0 Å². The highest BCUT2D eigenvalue weighted by atomic mass is 16.4. The summed E-state index contributed by atoms with van der Waals surface area (Å²) >= 11 is 0. The first-order valence-corrected chi connectivity index (χ1v) is 7.75. The average molecular weight is 272 g/mol. The third-order valence-corrected chi connectivity index (χ3v) is 3.61. The molecule has 0 heterocycles. The average Bonchev–Trinajstić information content (AvgIpc) is 2.39. The summed E-state index contributed by atoms with van der Waals surface area (Å²) in [5.74, 6) is 0. The molecule has 3 N–H and O–H groups in total. The van der Waals surface area contributed by atoms with Crippen molar-refractivity contribution in [3.05, 3.63) is 0 Å². The largest absolute Gasteiger partial charge is 0.465 e. The molecule has 0 aromatic heterocycles. The number of carbonyl (C=O) groups is 1. The van der Waals surface area contributed by atoms with Crippen LogP contribution in [0.4, 0.5) is 4.79 Å². The third kappa shape index (κ3) is 8.09. The lowest BCUT2D eigenvalue weighted by molar-refractivity contribution is 0.126. The lowest BCUT2D eigenvalue weighted by Crippen LogP contribution is -2.51. The first kappa shape index (κ1) is 18.2. The smallest absolute Gasteiger partial charge is 0.407 e. The van der Waals surface area contributed by atoms with Crippen molar-refractivity contribution in [3.8, 4) is 0 Å². The van der Waals surface area contributed by atoms with Crippen LogP contribution in [0, 0.1) is 0 Å². The highest BCUT2D eigenvalue weighted by molar-refractivity contribution is 5.65. The predicted octanol–water partition coefficient (Wildman–Crippen LogP) is 3.84. The maximum absolute atomic E-state index is 11.3. The minimum absolute atomic E-state index is 0.349. The summed E-state index contributed by atoms with van der Waals surface area (Å²) in [4.78, 5) is 12.8. The number of nitrogens with two attached hydrogens (primary N) is 1. The van der Waals surface area contributed by atoms with Crippen LogP contribution in [-0.4, -0.2) is 34.7 Å². The van der Waals surface area contributed by atoms with Crippen LogP contribution in [0.2, 0.25) is 0 Å². The number of rotatable bonds is 11. The Balaban J connectivity index is 4.58. The van der Waals surface area contributed by atoms with Gasteiger partial charge in [0.1, 0.15) is 0 Å². The van der Waals surface area contributed by atoms with E-state index in [4.69, 9.17) is 5.73 Å². The Bertz CT molecular complexity index is 236. The number of amides is 1. The zero-order chi connectivity index (χ0) is 14.7. The summed E-state index contributed by atoms with van der Waals surface area (Å²) in [7, 11) is 0. The van der Waals surface area contributed by atoms with Gasteiger partial charge in [-0.15, -0.1) is 0 Å². The van der Waals surface area contributed by atoms with Crippen molar-refractivity contribution in [2.45, 2.75) is 77.7 Å². The Labute approximate surface area is 118 Å². The van der Waals surface area contributed by atoms with E-state index in [2.05, 4.69) is 20.8 Å². The lowest BCUT2D eigenvalue weighted by Gasteiger charge is -2.34. The van der Waals surface area contributed by atoms with E-state index < -0.39 is 6.09 Å². The van der Waals surface area contributed by atoms with Crippen molar-refractivity contribution in [2.24, 2.45) is 5.73 Å². The van der Waals surface area contributed by atoms with Gasteiger partial charge in [0, 0.05) is 18.6 Å². The van der Waals surface area contributed by atoms with Crippen LogP contribution in [0.3, 0.4) is 0 Å². The fourth-order valence-corrected chi connectivity index (χ4v) is 2.31. The molecule has 0 unspecified atom stereocenters. The zero-order valence-corrected chi connectivity index (χ0v) is 13.0. The molecular formula is C15H32N2O2. The van der Waals surface area contributed by atoms with Crippen molar-refractivity contribution >= 4 is 6.09 Å². The molecule has 19 heavy (non-hydrogen) atoms. The predicted molar refractivity (Wildman–Crippen MR) is 80.5 cm³/mol. The lowest BCUT2D eigenvalue weighted by atomic mass is 9.87. The van der Waals surface area contributed by atoms with Gasteiger partial charge in [0.2, 0.25) is 0 Å². The Morgan fingerprint density at radius 3 is 1.89 bits per heavy atom. The van der Waals surface area contributed by atoms with Crippen LogP contribution in [0.5, 0.6) is 0 Å². The van der Waals surface area contributed by atoms with Gasteiger partial charge in [-0.25, -0.2) is 4.79 Å². The van der Waals surface area contributed by atoms with E-state index in [1.807, 2.05) is 0 Å². The molecule has 0 aromatic rings. The highest BCUT2D eigenvalue weighted by Gasteiger charge is 2.28. The van der Waals surface area contributed by atoms with Crippen molar-refractivity contribution in [2.75, 3.05) is 13.1 Å².